The van der Waals surface area contributed by atoms with Crippen LogP contribution in [0.2, 0.25) is 0 Å². The maximum absolute atomic E-state index is 13.3. The Morgan fingerprint density at radius 2 is 0.694 bits per heavy atom. The normalized spacial score (nSPS) is 15.0. The number of hydrogen-bond donors (Lipinski definition) is 0. The summed E-state index contributed by atoms with van der Waals surface area (Å²) in [6.07, 6.45) is -38.4. The molecule has 0 unspecified atom stereocenters. The second kappa shape index (κ2) is 12.5. The van der Waals surface area contributed by atoms with Crippen LogP contribution in [-0.4, -0.2) is 82.5 Å². The van der Waals surface area contributed by atoms with Crippen molar-refractivity contribution in [1.29, 1.82) is 0 Å². The first-order chi connectivity index (χ1) is 15.8. The first-order valence-corrected chi connectivity index (χ1v) is 9.02. The summed E-state index contributed by atoms with van der Waals surface area (Å²) >= 11 is 0. The maximum Gasteiger partial charge on any atom is 0.483 e. The quantitative estimate of drug-likeness (QED) is 0.156. The Balaban J connectivity index is 4.69. The number of alkyl halides is 15. The predicted molar refractivity (Wildman–Crippen MR) is 81.7 cm³/mol. The molecule has 0 bridgehead atoms. The van der Waals surface area contributed by atoms with Gasteiger partial charge in [0.2, 0.25) is 0 Å². The van der Waals surface area contributed by atoms with Gasteiger partial charge >= 0.3 is 42.8 Å². The van der Waals surface area contributed by atoms with Crippen molar-refractivity contribution in [1.82, 2.24) is 0 Å². The lowest BCUT2D eigenvalue weighted by atomic mass is 10.5. The zero-order valence-electron chi connectivity index (χ0n) is 17.6. The zero-order chi connectivity index (χ0) is 28.7. The second-order valence-electron chi connectivity index (χ2n) is 6.55. The fourth-order valence-corrected chi connectivity index (χ4v) is 1.74. The molecule has 0 aliphatic rings. The smallest absolute Gasteiger partial charge is 0.372 e. The van der Waals surface area contributed by atoms with Crippen LogP contribution in [0.5, 0.6) is 0 Å². The van der Waals surface area contributed by atoms with Crippen molar-refractivity contribution in [3.05, 3.63) is 0 Å². The monoisotopic (exact) mass is 578 g/mol. The van der Waals surface area contributed by atoms with Crippen molar-refractivity contribution < 1.29 is 94.3 Å². The molecule has 0 aromatic carbocycles. The van der Waals surface area contributed by atoms with Gasteiger partial charge < -0.3 is 14.2 Å². The highest BCUT2D eigenvalue weighted by Gasteiger charge is 2.64. The van der Waals surface area contributed by atoms with E-state index in [1.807, 2.05) is 0 Å². The molecule has 0 rings (SSSR count). The van der Waals surface area contributed by atoms with E-state index < -0.39 is 75.9 Å². The van der Waals surface area contributed by atoms with Crippen LogP contribution < -0.4 is 0 Å². The molecule has 21 heteroatoms. The van der Waals surface area contributed by atoms with Crippen molar-refractivity contribution in [3.63, 3.8) is 0 Å². The summed E-state index contributed by atoms with van der Waals surface area (Å²) in [7, 11) is 0. The van der Waals surface area contributed by atoms with Crippen LogP contribution in [0.25, 0.3) is 0 Å². The van der Waals surface area contributed by atoms with Gasteiger partial charge in [0.05, 0.1) is 0 Å². The Kier molecular flexibility index (Phi) is 12.1. The summed E-state index contributed by atoms with van der Waals surface area (Å²) < 4.78 is 211. The molecule has 218 valence electrons. The van der Waals surface area contributed by atoms with Gasteiger partial charge in [-0.3, -0.25) is 9.47 Å². The number of halogens is 15. The van der Waals surface area contributed by atoms with Crippen molar-refractivity contribution >= 4 is 0 Å². The van der Waals surface area contributed by atoms with Gasteiger partial charge in [-0.1, -0.05) is 6.92 Å². The van der Waals surface area contributed by atoms with E-state index in [0.29, 0.717) is 0 Å². The largest absolute Gasteiger partial charge is 0.483 e. The highest BCUT2D eigenvalue weighted by Crippen LogP contribution is 2.40. The van der Waals surface area contributed by atoms with E-state index in [9.17, 15) is 65.9 Å². The molecule has 0 atom stereocenters. The Labute approximate surface area is 191 Å². The Hall–Kier alpha value is -1.29. The fraction of sp³-hybridized carbons (Fsp3) is 1.00. The van der Waals surface area contributed by atoms with Gasteiger partial charge in [0.25, 0.3) is 0 Å². The summed E-state index contributed by atoms with van der Waals surface area (Å²) in [6, 6.07) is 0. The number of hydrogen-bond acceptors (Lipinski definition) is 6. The predicted octanol–water partition coefficient (Wildman–Crippen LogP) is 5.62. The van der Waals surface area contributed by atoms with Gasteiger partial charge in [-0.05, 0) is 6.42 Å². The van der Waals surface area contributed by atoms with Gasteiger partial charge in [0.1, 0.15) is 33.0 Å². The molecule has 0 saturated heterocycles. The molecule has 0 aromatic heterocycles. The third-order valence-electron chi connectivity index (χ3n) is 2.90. The van der Waals surface area contributed by atoms with E-state index in [4.69, 9.17) is 0 Å². The van der Waals surface area contributed by atoms with Crippen LogP contribution in [0.3, 0.4) is 0 Å². The molecule has 36 heavy (non-hydrogen) atoms. The second-order valence-corrected chi connectivity index (χ2v) is 6.55. The summed E-state index contributed by atoms with van der Waals surface area (Å²) in [5.74, 6) is 0. The molecular formula is C15H17F15O6. The average molecular weight is 578 g/mol. The first kappa shape index (κ1) is 34.7. The van der Waals surface area contributed by atoms with E-state index in [0.717, 1.165) is 0 Å². The lowest BCUT2D eigenvalue weighted by Crippen LogP contribution is -2.47. The standard InChI is InChI=1S/C15H17F15O6/c1-2-3-31-4-9(16,17)34-10(18,19)5-32-6-11(20,21)35-12(22,23)7-33-8-13(24,25)36-15(29,30)14(26,27)28/h2-8H2,1H3. The Morgan fingerprint density at radius 1 is 0.417 bits per heavy atom. The molecule has 0 aliphatic heterocycles. The van der Waals surface area contributed by atoms with Crippen molar-refractivity contribution in [3.8, 4) is 0 Å². The summed E-state index contributed by atoms with van der Waals surface area (Å²) in [5.41, 5.74) is 0. The van der Waals surface area contributed by atoms with Crippen molar-refractivity contribution in [2.75, 3.05) is 39.6 Å². The van der Waals surface area contributed by atoms with Crippen LogP contribution in [-0.2, 0) is 28.4 Å². The number of ether oxygens (including phenoxy) is 6. The highest BCUT2D eigenvalue weighted by atomic mass is 19.4. The molecule has 0 saturated carbocycles. The van der Waals surface area contributed by atoms with Crippen LogP contribution >= 0.6 is 0 Å². The molecule has 0 amide bonds. The van der Waals surface area contributed by atoms with E-state index in [1.165, 1.54) is 6.92 Å². The van der Waals surface area contributed by atoms with Crippen molar-refractivity contribution in [2.24, 2.45) is 0 Å². The Bertz CT molecular complexity index is 656. The van der Waals surface area contributed by atoms with Crippen LogP contribution in [0.1, 0.15) is 13.3 Å². The summed E-state index contributed by atoms with van der Waals surface area (Å²) in [6.45, 7) is -10.6. The van der Waals surface area contributed by atoms with Gasteiger partial charge in [0.15, 0.2) is 0 Å². The number of rotatable bonds is 18. The minimum atomic E-state index is -6.63. The molecule has 6 nitrogen and oxygen atoms in total. The molecule has 0 spiro atoms. The molecular weight excluding hydrogens is 561 g/mol. The molecule has 0 aromatic rings. The van der Waals surface area contributed by atoms with Gasteiger partial charge in [0, 0.05) is 6.61 Å². The van der Waals surface area contributed by atoms with Crippen molar-refractivity contribution in [2.45, 2.75) is 56.2 Å². The fourth-order valence-electron chi connectivity index (χ4n) is 1.74. The van der Waals surface area contributed by atoms with Gasteiger partial charge in [-0.25, -0.2) is 4.74 Å². The third kappa shape index (κ3) is 14.4. The zero-order valence-corrected chi connectivity index (χ0v) is 17.6. The maximum atomic E-state index is 13.3. The summed E-state index contributed by atoms with van der Waals surface area (Å²) in [4.78, 5) is 0. The molecule has 0 N–H and O–H groups in total. The average Bonchev–Trinajstić information content (AvgIpc) is 2.56. The van der Waals surface area contributed by atoms with E-state index in [2.05, 4.69) is 28.4 Å². The molecule has 0 heterocycles. The van der Waals surface area contributed by atoms with Crippen LogP contribution in [0, 0.1) is 0 Å². The topological polar surface area (TPSA) is 55.4 Å². The lowest BCUT2D eigenvalue weighted by molar-refractivity contribution is -0.463. The van der Waals surface area contributed by atoms with E-state index in [-0.39, 0.29) is 13.0 Å². The highest BCUT2D eigenvalue weighted by molar-refractivity contribution is 4.68. The molecule has 0 aliphatic carbocycles. The first-order valence-electron chi connectivity index (χ1n) is 9.02. The molecule has 0 radical (unpaired) electrons. The SMILES string of the molecule is CCCOCC(F)(F)OC(F)(F)COCC(F)(F)OC(F)(F)COCC(F)(F)OC(F)(F)C(F)(F)F. The minimum Gasteiger partial charge on any atom is -0.372 e. The third-order valence-corrected chi connectivity index (χ3v) is 2.90. The summed E-state index contributed by atoms with van der Waals surface area (Å²) in [5, 5.41) is 0. The Morgan fingerprint density at radius 3 is 0.972 bits per heavy atom. The molecule has 0 fully saturated rings. The minimum absolute atomic E-state index is 0.227. The van der Waals surface area contributed by atoms with E-state index in [1.54, 1.807) is 0 Å². The van der Waals surface area contributed by atoms with Crippen LogP contribution in [0.15, 0.2) is 0 Å². The van der Waals surface area contributed by atoms with Gasteiger partial charge in [-0.2, -0.15) is 65.9 Å². The van der Waals surface area contributed by atoms with Gasteiger partial charge in [-0.15, -0.1) is 0 Å². The lowest BCUT2D eigenvalue weighted by Gasteiger charge is -2.27. The van der Waals surface area contributed by atoms with Crippen LogP contribution in [0.4, 0.5) is 65.9 Å². The van der Waals surface area contributed by atoms with E-state index >= 15 is 0 Å².